The van der Waals surface area contributed by atoms with Gasteiger partial charge in [-0.1, -0.05) is 48.5 Å². The van der Waals surface area contributed by atoms with E-state index in [0.717, 1.165) is 21.6 Å². The Balaban J connectivity index is 1.27. The number of amides is 1. The highest BCUT2D eigenvalue weighted by Crippen LogP contribution is 2.47. The normalized spacial score (nSPS) is 18.1. The van der Waals surface area contributed by atoms with Crippen LogP contribution in [0.4, 0.5) is 8.78 Å². The summed E-state index contributed by atoms with van der Waals surface area (Å²) in [5.74, 6) is -4.70. The molecule has 1 aliphatic carbocycles. The molecule has 254 valence electrons. The van der Waals surface area contributed by atoms with E-state index < -0.39 is 50.1 Å². The molecule has 15 heteroatoms. The molecule has 1 aliphatic rings. The lowest BCUT2D eigenvalue weighted by Gasteiger charge is -2.35. The topological polar surface area (TPSA) is 152 Å². The van der Waals surface area contributed by atoms with Crippen LogP contribution in [0.25, 0.3) is 11.1 Å². The zero-order valence-electron chi connectivity index (χ0n) is 25.8. The molecule has 0 bridgehead atoms. The number of primary amides is 1. The summed E-state index contributed by atoms with van der Waals surface area (Å²) in [7, 11) is -7.97. The van der Waals surface area contributed by atoms with Gasteiger partial charge in [0, 0.05) is 55.5 Å². The van der Waals surface area contributed by atoms with Gasteiger partial charge in [0.25, 0.3) is 20.0 Å². The van der Waals surface area contributed by atoms with Gasteiger partial charge in [0.2, 0.25) is 11.8 Å². The van der Waals surface area contributed by atoms with Gasteiger partial charge in [0.15, 0.2) is 10.1 Å². The smallest absolute Gasteiger partial charge is 0.260 e. The summed E-state index contributed by atoms with van der Waals surface area (Å²) in [5.41, 5.74) is 8.04. The van der Waals surface area contributed by atoms with Crippen LogP contribution in [-0.2, 0) is 24.8 Å². The Bertz CT molecular complexity index is 1920. The molecule has 1 amide bonds. The summed E-state index contributed by atoms with van der Waals surface area (Å²) in [6, 6.07) is 24.0. The van der Waals surface area contributed by atoms with Crippen molar-refractivity contribution in [3.05, 3.63) is 103 Å². The molecule has 0 radical (unpaired) electrons. The third-order valence-corrected chi connectivity index (χ3v) is 12.3. The number of pyridine rings is 2. The maximum atomic E-state index is 14.2. The van der Waals surface area contributed by atoms with E-state index in [1.54, 1.807) is 24.3 Å². The molecule has 0 saturated heterocycles. The van der Waals surface area contributed by atoms with E-state index in [-0.39, 0.29) is 42.5 Å². The minimum absolute atomic E-state index is 0.0697. The molecule has 10 nitrogen and oxygen atoms in total. The second-order valence-corrected chi connectivity index (χ2v) is 16.1. The summed E-state index contributed by atoms with van der Waals surface area (Å²) >= 11 is 1.42. The molecule has 2 unspecified atom stereocenters. The van der Waals surface area contributed by atoms with E-state index >= 15 is 0 Å². The monoisotopic (exact) mass is 715 g/mol. The summed E-state index contributed by atoms with van der Waals surface area (Å²) in [6.07, 6.45) is 2.00. The summed E-state index contributed by atoms with van der Waals surface area (Å²) < 4.78 is 84.1. The van der Waals surface area contributed by atoms with Crippen LogP contribution in [0.1, 0.15) is 30.7 Å². The second-order valence-electron chi connectivity index (χ2n) is 11.3. The van der Waals surface area contributed by atoms with Gasteiger partial charge < -0.3 is 5.73 Å². The van der Waals surface area contributed by atoms with E-state index in [2.05, 4.69) is 14.7 Å². The van der Waals surface area contributed by atoms with Crippen LogP contribution in [0.5, 0.6) is 0 Å². The molecule has 3 N–H and O–H groups in total. The summed E-state index contributed by atoms with van der Waals surface area (Å²) in [6.45, 7) is -0.250. The average Bonchev–Trinajstić information content (AvgIpc) is 3.08. The molecular formula is C33H35F2N5O5S3. The van der Waals surface area contributed by atoms with Crippen molar-refractivity contribution in [2.75, 3.05) is 25.4 Å². The number of halogens is 2. The van der Waals surface area contributed by atoms with Crippen LogP contribution < -0.4 is 10.5 Å². The van der Waals surface area contributed by atoms with Crippen LogP contribution >= 0.6 is 11.8 Å². The number of thioether (sulfide) groups is 1. The molecule has 2 aromatic heterocycles. The number of sulfonamides is 2. The van der Waals surface area contributed by atoms with E-state index in [4.69, 9.17) is 5.73 Å². The number of benzene rings is 2. The van der Waals surface area contributed by atoms with Gasteiger partial charge in [-0.3, -0.25) is 4.79 Å². The molecule has 0 spiro atoms. The molecule has 2 heterocycles. The van der Waals surface area contributed by atoms with E-state index in [1.807, 2.05) is 48.5 Å². The van der Waals surface area contributed by atoms with Crippen molar-refractivity contribution < 1.29 is 30.4 Å². The number of rotatable bonds is 14. The number of nitrogens with two attached hydrogens (primary N) is 1. The number of nitrogens with zero attached hydrogens (tertiary/aromatic N) is 3. The number of aromatic nitrogens is 2. The first-order valence-electron chi connectivity index (χ1n) is 15.2. The molecule has 0 aliphatic heterocycles. The van der Waals surface area contributed by atoms with Crippen molar-refractivity contribution in [2.45, 2.75) is 46.1 Å². The number of carbonyl (C=O) groups is 1. The van der Waals surface area contributed by atoms with Crippen molar-refractivity contribution in [1.82, 2.24) is 19.0 Å². The minimum Gasteiger partial charge on any atom is -0.369 e. The third kappa shape index (κ3) is 8.63. The van der Waals surface area contributed by atoms with Crippen LogP contribution in [-0.4, -0.2) is 68.3 Å². The zero-order valence-corrected chi connectivity index (χ0v) is 28.2. The number of hydrogen-bond donors (Lipinski definition) is 2. The quantitative estimate of drug-likeness (QED) is 0.175. The Hall–Kier alpha value is -3.76. The van der Waals surface area contributed by atoms with Crippen LogP contribution in [0.15, 0.2) is 112 Å². The third-order valence-electron chi connectivity index (χ3n) is 8.13. The number of alkyl halides is 2. The first kappa shape index (κ1) is 35.5. The van der Waals surface area contributed by atoms with Crippen LogP contribution in [0, 0.1) is 5.92 Å². The minimum atomic E-state index is -4.04. The molecule has 1 fully saturated rings. The predicted octanol–water partition coefficient (Wildman–Crippen LogP) is 4.91. The standard InChI is InChI=1S/C33H35F2N5O5S3/c34-33(35)16-15-28(29(23-33)32(36)41)27-8-2-1-7-26(27)24-11-13-25(14-12-24)46-22-21-40(48(44,45)31-10-4-6-18-38-31)20-19-39-47(42,43)30-9-3-5-17-37-30/h1-14,17-18,28-29,39H,15-16,19-23H2,(H2,36,41). The van der Waals surface area contributed by atoms with Gasteiger partial charge in [-0.25, -0.2) is 40.3 Å². The highest BCUT2D eigenvalue weighted by atomic mass is 32.2. The van der Waals surface area contributed by atoms with Gasteiger partial charge in [0.1, 0.15) is 0 Å². The van der Waals surface area contributed by atoms with Crippen molar-refractivity contribution in [2.24, 2.45) is 11.7 Å². The van der Waals surface area contributed by atoms with Crippen LogP contribution in [0.2, 0.25) is 0 Å². The van der Waals surface area contributed by atoms with E-state index in [9.17, 15) is 30.4 Å². The molecule has 5 rings (SSSR count). The Morgan fingerprint density at radius 2 is 1.54 bits per heavy atom. The van der Waals surface area contributed by atoms with Crippen molar-refractivity contribution in [1.29, 1.82) is 0 Å². The fourth-order valence-electron chi connectivity index (χ4n) is 5.75. The molecule has 2 aromatic carbocycles. The average molecular weight is 716 g/mol. The van der Waals surface area contributed by atoms with Gasteiger partial charge in [-0.15, -0.1) is 11.8 Å². The molecular weight excluding hydrogens is 681 g/mol. The predicted molar refractivity (Wildman–Crippen MR) is 179 cm³/mol. The van der Waals surface area contributed by atoms with E-state index in [1.165, 1.54) is 40.6 Å². The lowest BCUT2D eigenvalue weighted by atomic mass is 9.72. The highest BCUT2D eigenvalue weighted by molar-refractivity contribution is 7.99. The molecule has 1 saturated carbocycles. The van der Waals surface area contributed by atoms with Gasteiger partial charge in [-0.2, -0.15) is 4.31 Å². The summed E-state index contributed by atoms with van der Waals surface area (Å²) in [5, 5.41) is -0.315. The van der Waals surface area contributed by atoms with E-state index in [0.29, 0.717) is 5.75 Å². The first-order chi connectivity index (χ1) is 22.9. The van der Waals surface area contributed by atoms with Gasteiger partial charge >= 0.3 is 0 Å². The zero-order chi connectivity index (χ0) is 34.4. The fraction of sp³-hybridized carbons (Fsp3) is 0.303. The second kappa shape index (κ2) is 15.2. The molecule has 48 heavy (non-hydrogen) atoms. The lowest BCUT2D eigenvalue weighted by molar-refractivity contribution is -0.130. The fourth-order valence-corrected chi connectivity index (χ4v) is 9.08. The van der Waals surface area contributed by atoms with Gasteiger partial charge in [-0.05, 0) is 65.4 Å². The van der Waals surface area contributed by atoms with Gasteiger partial charge in [0.05, 0.1) is 5.92 Å². The van der Waals surface area contributed by atoms with Crippen LogP contribution in [0.3, 0.4) is 0 Å². The maximum Gasteiger partial charge on any atom is 0.260 e. The maximum absolute atomic E-state index is 14.2. The highest BCUT2D eigenvalue weighted by Gasteiger charge is 2.44. The number of hydrogen-bond acceptors (Lipinski definition) is 8. The Morgan fingerprint density at radius 1 is 0.896 bits per heavy atom. The Kier molecular flexibility index (Phi) is 11.3. The van der Waals surface area contributed by atoms with Crippen molar-refractivity contribution in [3.63, 3.8) is 0 Å². The largest absolute Gasteiger partial charge is 0.369 e. The SMILES string of the molecule is NC(=O)C1CC(F)(F)CCC1c1ccccc1-c1ccc(SCCN(CCNS(=O)(=O)c2ccccn2)S(=O)(=O)c2ccccn2)cc1. The Labute approximate surface area is 283 Å². The Morgan fingerprint density at radius 3 is 2.19 bits per heavy atom. The first-order valence-corrected chi connectivity index (χ1v) is 19.1. The molecule has 4 aromatic rings. The van der Waals surface area contributed by atoms with Crippen molar-refractivity contribution >= 4 is 37.7 Å². The number of nitrogens with one attached hydrogen (secondary N) is 1. The summed E-state index contributed by atoms with van der Waals surface area (Å²) in [4.78, 5) is 20.9. The number of carbonyl (C=O) groups excluding carboxylic acids is 1. The molecule has 2 atom stereocenters. The lowest BCUT2D eigenvalue weighted by Crippen LogP contribution is -2.40. The van der Waals surface area contributed by atoms with Crippen molar-refractivity contribution in [3.8, 4) is 11.1 Å².